The number of amides is 1. The third-order valence-corrected chi connectivity index (χ3v) is 3.10. The summed E-state index contributed by atoms with van der Waals surface area (Å²) in [6.07, 6.45) is 0.789. The molecule has 0 aliphatic heterocycles. The molecule has 19 heavy (non-hydrogen) atoms. The molecule has 1 atom stereocenters. The summed E-state index contributed by atoms with van der Waals surface area (Å²) in [6.45, 7) is 4.04. The summed E-state index contributed by atoms with van der Waals surface area (Å²) in [7, 11) is 0. The smallest absolute Gasteiger partial charge is 0.285 e. The van der Waals surface area contributed by atoms with Crippen molar-refractivity contribution in [3.05, 3.63) is 39.4 Å². The highest BCUT2D eigenvalue weighted by Crippen LogP contribution is 2.22. The van der Waals surface area contributed by atoms with E-state index in [9.17, 15) is 14.9 Å². The van der Waals surface area contributed by atoms with E-state index >= 15 is 0 Å². The van der Waals surface area contributed by atoms with Crippen LogP contribution >= 0.6 is 11.6 Å². The van der Waals surface area contributed by atoms with Crippen molar-refractivity contribution in [1.82, 2.24) is 5.32 Å². The molecule has 0 fully saturated rings. The summed E-state index contributed by atoms with van der Waals surface area (Å²) in [5.74, 6) is 0.351. The first-order valence-corrected chi connectivity index (χ1v) is 6.59. The molecule has 0 heterocycles. The Labute approximate surface area is 117 Å². The van der Waals surface area contributed by atoms with E-state index in [4.69, 9.17) is 11.6 Å². The molecule has 1 unspecified atom stereocenters. The third kappa shape index (κ3) is 4.21. The Hall–Kier alpha value is -1.62. The molecule has 0 saturated carbocycles. The summed E-state index contributed by atoms with van der Waals surface area (Å²) >= 11 is 5.61. The summed E-state index contributed by atoms with van der Waals surface area (Å²) in [5, 5.41) is 13.7. The van der Waals surface area contributed by atoms with E-state index in [0.717, 1.165) is 6.42 Å². The molecule has 0 radical (unpaired) electrons. The van der Waals surface area contributed by atoms with Crippen LogP contribution in [0.15, 0.2) is 18.2 Å². The third-order valence-electron chi connectivity index (χ3n) is 2.88. The van der Waals surface area contributed by atoms with E-state index in [1.807, 2.05) is 6.92 Å². The summed E-state index contributed by atoms with van der Waals surface area (Å²) in [4.78, 5) is 22.5. The zero-order valence-corrected chi connectivity index (χ0v) is 11.7. The van der Waals surface area contributed by atoms with Crippen LogP contribution in [0, 0.1) is 23.0 Å². The van der Waals surface area contributed by atoms with Crippen molar-refractivity contribution >= 4 is 23.2 Å². The molecule has 1 amide bonds. The van der Waals surface area contributed by atoms with Gasteiger partial charge in [-0.1, -0.05) is 19.1 Å². The average molecular weight is 285 g/mol. The van der Waals surface area contributed by atoms with Gasteiger partial charge in [0.05, 0.1) is 4.92 Å². The Kier molecular flexibility index (Phi) is 5.76. The number of halogens is 1. The van der Waals surface area contributed by atoms with Gasteiger partial charge in [-0.05, 0) is 25.3 Å². The van der Waals surface area contributed by atoms with Crippen molar-refractivity contribution in [2.45, 2.75) is 20.3 Å². The van der Waals surface area contributed by atoms with Crippen molar-refractivity contribution in [1.29, 1.82) is 0 Å². The van der Waals surface area contributed by atoms with Gasteiger partial charge in [0.1, 0.15) is 5.56 Å². The Morgan fingerprint density at radius 2 is 2.21 bits per heavy atom. The Morgan fingerprint density at radius 1 is 1.53 bits per heavy atom. The second kappa shape index (κ2) is 7.09. The van der Waals surface area contributed by atoms with Crippen LogP contribution in [0.3, 0.4) is 0 Å². The normalized spacial score (nSPS) is 11.9. The van der Waals surface area contributed by atoms with Gasteiger partial charge in [-0.15, -0.1) is 11.6 Å². The highest BCUT2D eigenvalue weighted by atomic mass is 35.5. The van der Waals surface area contributed by atoms with E-state index in [2.05, 4.69) is 5.32 Å². The first-order chi connectivity index (χ1) is 8.97. The summed E-state index contributed by atoms with van der Waals surface area (Å²) < 4.78 is 0. The van der Waals surface area contributed by atoms with E-state index in [1.54, 1.807) is 19.1 Å². The van der Waals surface area contributed by atoms with Crippen molar-refractivity contribution in [3.63, 3.8) is 0 Å². The Bertz CT molecular complexity index is 477. The van der Waals surface area contributed by atoms with Crippen LogP contribution < -0.4 is 5.32 Å². The van der Waals surface area contributed by atoms with Crippen molar-refractivity contribution < 1.29 is 9.72 Å². The highest BCUT2D eigenvalue weighted by molar-refractivity contribution is 6.17. The standard InChI is InChI=1S/C13H17ClN2O3/c1-9(6-7-14)8-15-13(17)11-5-3-4-10(2)12(11)16(18)19/h3-5,9H,6-8H2,1-2H3,(H,15,17). The summed E-state index contributed by atoms with van der Waals surface area (Å²) in [5.41, 5.74) is 0.444. The maximum atomic E-state index is 12.0. The molecule has 104 valence electrons. The molecule has 0 aliphatic carbocycles. The number of nitro groups is 1. The van der Waals surface area contributed by atoms with Gasteiger partial charge in [-0.25, -0.2) is 0 Å². The van der Waals surface area contributed by atoms with Crippen LogP contribution in [-0.4, -0.2) is 23.3 Å². The van der Waals surface area contributed by atoms with Crippen LogP contribution in [0.4, 0.5) is 5.69 Å². The number of nitrogens with one attached hydrogen (secondary N) is 1. The van der Waals surface area contributed by atoms with Crippen LogP contribution in [0.25, 0.3) is 0 Å². The maximum absolute atomic E-state index is 12.0. The molecule has 6 heteroatoms. The molecule has 0 spiro atoms. The second-order valence-corrected chi connectivity index (χ2v) is 4.90. The van der Waals surface area contributed by atoms with Gasteiger partial charge in [0.2, 0.25) is 0 Å². The predicted octanol–water partition coefficient (Wildman–Crippen LogP) is 2.90. The first kappa shape index (κ1) is 15.4. The maximum Gasteiger partial charge on any atom is 0.285 e. The first-order valence-electron chi connectivity index (χ1n) is 6.05. The topological polar surface area (TPSA) is 72.2 Å². The summed E-state index contributed by atoms with van der Waals surface area (Å²) in [6, 6.07) is 4.72. The molecule has 1 aromatic carbocycles. The number of carbonyl (C=O) groups excluding carboxylic acids is 1. The molecular weight excluding hydrogens is 268 g/mol. The quantitative estimate of drug-likeness (QED) is 0.496. The lowest BCUT2D eigenvalue weighted by atomic mass is 10.1. The number of benzene rings is 1. The van der Waals surface area contributed by atoms with Gasteiger partial charge in [-0.2, -0.15) is 0 Å². The molecule has 0 aromatic heterocycles. The van der Waals surface area contributed by atoms with E-state index in [-0.39, 0.29) is 17.2 Å². The number of alkyl halides is 1. The lowest BCUT2D eigenvalue weighted by Crippen LogP contribution is -2.29. The van der Waals surface area contributed by atoms with Gasteiger partial charge in [0, 0.05) is 18.0 Å². The number of carbonyl (C=O) groups is 1. The molecule has 0 saturated heterocycles. The number of rotatable bonds is 6. The largest absolute Gasteiger partial charge is 0.352 e. The fraction of sp³-hybridized carbons (Fsp3) is 0.462. The number of nitro benzene ring substituents is 1. The number of hydrogen-bond acceptors (Lipinski definition) is 3. The molecule has 1 aromatic rings. The van der Waals surface area contributed by atoms with Crippen molar-refractivity contribution in [3.8, 4) is 0 Å². The molecular formula is C13H17ClN2O3. The van der Waals surface area contributed by atoms with Crippen molar-refractivity contribution in [2.75, 3.05) is 12.4 Å². The Balaban J connectivity index is 2.83. The number of nitrogens with zero attached hydrogens (tertiary/aromatic N) is 1. The minimum Gasteiger partial charge on any atom is -0.352 e. The SMILES string of the molecule is Cc1cccc(C(=O)NCC(C)CCCl)c1[N+](=O)[O-]. The molecule has 0 aliphatic rings. The van der Waals surface area contributed by atoms with Crippen LogP contribution in [0.5, 0.6) is 0 Å². The lowest BCUT2D eigenvalue weighted by Gasteiger charge is -2.11. The van der Waals surface area contributed by atoms with E-state index in [1.165, 1.54) is 6.07 Å². The molecule has 1 rings (SSSR count). The average Bonchev–Trinajstić information content (AvgIpc) is 2.35. The minimum atomic E-state index is -0.521. The highest BCUT2D eigenvalue weighted by Gasteiger charge is 2.22. The minimum absolute atomic E-state index is 0.100. The molecule has 0 bridgehead atoms. The van der Waals surface area contributed by atoms with Gasteiger partial charge in [0.25, 0.3) is 11.6 Å². The number of hydrogen-bond donors (Lipinski definition) is 1. The number of aryl methyl sites for hydroxylation is 1. The predicted molar refractivity (Wildman–Crippen MR) is 74.7 cm³/mol. The van der Waals surface area contributed by atoms with Gasteiger partial charge < -0.3 is 5.32 Å². The molecule has 5 nitrogen and oxygen atoms in total. The van der Waals surface area contributed by atoms with Gasteiger partial charge >= 0.3 is 0 Å². The van der Waals surface area contributed by atoms with E-state index in [0.29, 0.717) is 18.0 Å². The van der Waals surface area contributed by atoms with Crippen molar-refractivity contribution in [2.24, 2.45) is 5.92 Å². The van der Waals surface area contributed by atoms with E-state index < -0.39 is 10.8 Å². The van der Waals surface area contributed by atoms with Gasteiger partial charge in [-0.3, -0.25) is 14.9 Å². The van der Waals surface area contributed by atoms with Crippen LogP contribution in [-0.2, 0) is 0 Å². The fourth-order valence-corrected chi connectivity index (χ4v) is 2.11. The second-order valence-electron chi connectivity index (χ2n) is 4.52. The van der Waals surface area contributed by atoms with Gasteiger partial charge in [0.15, 0.2) is 0 Å². The lowest BCUT2D eigenvalue weighted by molar-refractivity contribution is -0.385. The van der Waals surface area contributed by atoms with Crippen LogP contribution in [0.2, 0.25) is 0 Å². The zero-order chi connectivity index (χ0) is 14.4. The monoisotopic (exact) mass is 284 g/mol. The zero-order valence-electron chi connectivity index (χ0n) is 11.0. The Morgan fingerprint density at radius 3 is 2.79 bits per heavy atom. The fourth-order valence-electron chi connectivity index (χ4n) is 1.74. The molecule has 1 N–H and O–H groups in total. The van der Waals surface area contributed by atoms with Crippen LogP contribution in [0.1, 0.15) is 29.3 Å². The number of para-hydroxylation sites is 1.